The number of amides is 1. The molecular formula is C13H23N3O. The van der Waals surface area contributed by atoms with Crippen LogP contribution in [-0.2, 0) is 4.79 Å². The molecule has 0 aromatic rings. The van der Waals surface area contributed by atoms with Gasteiger partial charge in [0.05, 0.1) is 0 Å². The molecule has 4 nitrogen and oxygen atoms in total. The second-order valence-electron chi connectivity index (χ2n) is 5.73. The first-order chi connectivity index (χ1) is 8.33. The first-order valence-electron chi connectivity index (χ1n) is 7.08. The quantitative estimate of drug-likeness (QED) is 0.655. The van der Waals surface area contributed by atoms with Crippen LogP contribution in [-0.4, -0.2) is 49.1 Å². The summed E-state index contributed by atoms with van der Waals surface area (Å²) in [6, 6.07) is 1.55. The predicted octanol–water partition coefficient (Wildman–Crippen LogP) is 0.339. The molecule has 1 aliphatic heterocycles. The lowest BCUT2D eigenvalue weighted by Crippen LogP contribution is -2.39. The Morgan fingerprint density at radius 3 is 2.65 bits per heavy atom. The van der Waals surface area contributed by atoms with E-state index >= 15 is 0 Å². The summed E-state index contributed by atoms with van der Waals surface area (Å²) in [6.45, 7) is 4.18. The second kappa shape index (κ2) is 4.94. The van der Waals surface area contributed by atoms with Crippen LogP contribution < -0.4 is 10.6 Å². The number of nitrogens with one attached hydrogen (secondary N) is 2. The number of hydrogen-bond acceptors (Lipinski definition) is 3. The topological polar surface area (TPSA) is 44.4 Å². The van der Waals surface area contributed by atoms with E-state index in [2.05, 4.69) is 15.5 Å². The fourth-order valence-electron chi connectivity index (χ4n) is 2.68. The lowest BCUT2D eigenvalue weighted by atomic mass is 10.2. The molecule has 4 heteroatoms. The fourth-order valence-corrected chi connectivity index (χ4v) is 2.68. The van der Waals surface area contributed by atoms with Gasteiger partial charge in [-0.2, -0.15) is 0 Å². The third-order valence-electron chi connectivity index (χ3n) is 4.09. The highest BCUT2D eigenvalue weighted by molar-refractivity contribution is 5.80. The number of hydrogen-bond donors (Lipinski definition) is 2. The third-order valence-corrected chi connectivity index (χ3v) is 4.09. The van der Waals surface area contributed by atoms with Crippen LogP contribution in [0.3, 0.4) is 0 Å². The van der Waals surface area contributed by atoms with Gasteiger partial charge in [0.25, 0.3) is 0 Å². The van der Waals surface area contributed by atoms with Crippen LogP contribution in [0.2, 0.25) is 0 Å². The van der Waals surface area contributed by atoms with Gasteiger partial charge in [-0.1, -0.05) is 0 Å². The molecule has 17 heavy (non-hydrogen) atoms. The van der Waals surface area contributed by atoms with E-state index in [1.54, 1.807) is 0 Å². The molecule has 0 bridgehead atoms. The Kier molecular flexibility index (Phi) is 3.34. The van der Waals surface area contributed by atoms with Gasteiger partial charge in [-0.25, -0.2) is 0 Å². The van der Waals surface area contributed by atoms with Crippen molar-refractivity contribution in [2.45, 2.75) is 44.2 Å². The third kappa shape index (κ3) is 3.19. The standard InChI is InChI=1S/C13H23N3O/c17-13(10-1-2-10)15-7-6-14-11-5-8-16(9-11)12-3-4-12/h10-12,14H,1-9H2,(H,15,17). The van der Waals surface area contributed by atoms with Crippen molar-refractivity contribution in [3.63, 3.8) is 0 Å². The van der Waals surface area contributed by atoms with E-state index in [1.807, 2.05) is 0 Å². The number of nitrogens with zero attached hydrogens (tertiary/aromatic N) is 1. The SMILES string of the molecule is O=C(NCCNC1CCN(C2CC2)C1)C1CC1. The molecule has 0 spiro atoms. The van der Waals surface area contributed by atoms with Crippen molar-refractivity contribution < 1.29 is 4.79 Å². The van der Waals surface area contributed by atoms with Gasteiger partial charge in [0.1, 0.15) is 0 Å². The fraction of sp³-hybridized carbons (Fsp3) is 0.923. The molecule has 3 aliphatic rings. The van der Waals surface area contributed by atoms with Gasteiger partial charge < -0.3 is 10.6 Å². The second-order valence-corrected chi connectivity index (χ2v) is 5.73. The van der Waals surface area contributed by atoms with Crippen molar-refractivity contribution >= 4 is 5.91 Å². The average Bonchev–Trinajstić information content (AvgIpc) is 3.22. The maximum atomic E-state index is 11.4. The largest absolute Gasteiger partial charge is 0.355 e. The Balaban J connectivity index is 1.25. The van der Waals surface area contributed by atoms with Crippen molar-refractivity contribution in [1.82, 2.24) is 15.5 Å². The Morgan fingerprint density at radius 1 is 1.12 bits per heavy atom. The number of rotatable bonds is 6. The van der Waals surface area contributed by atoms with E-state index in [0.717, 1.165) is 32.0 Å². The lowest BCUT2D eigenvalue weighted by Gasteiger charge is -2.15. The van der Waals surface area contributed by atoms with E-state index in [0.29, 0.717) is 12.0 Å². The molecule has 96 valence electrons. The Morgan fingerprint density at radius 2 is 1.94 bits per heavy atom. The highest BCUT2D eigenvalue weighted by atomic mass is 16.2. The molecule has 1 atom stereocenters. The van der Waals surface area contributed by atoms with Gasteiger partial charge in [0, 0.05) is 44.2 Å². The van der Waals surface area contributed by atoms with Gasteiger partial charge in [0.2, 0.25) is 5.91 Å². The summed E-state index contributed by atoms with van der Waals surface area (Å²) < 4.78 is 0. The predicted molar refractivity (Wildman–Crippen MR) is 66.7 cm³/mol. The van der Waals surface area contributed by atoms with Crippen molar-refractivity contribution in [1.29, 1.82) is 0 Å². The van der Waals surface area contributed by atoms with Crippen molar-refractivity contribution in [3.05, 3.63) is 0 Å². The summed E-state index contributed by atoms with van der Waals surface area (Å²) in [6.07, 6.45) is 6.28. The van der Waals surface area contributed by atoms with E-state index < -0.39 is 0 Å². The van der Waals surface area contributed by atoms with E-state index in [4.69, 9.17) is 0 Å². The minimum atomic E-state index is 0.262. The number of carbonyl (C=O) groups is 1. The molecule has 1 saturated heterocycles. The summed E-state index contributed by atoms with van der Waals surface area (Å²) in [4.78, 5) is 14.0. The number of likely N-dealkylation sites (tertiary alicyclic amines) is 1. The van der Waals surface area contributed by atoms with Gasteiger partial charge in [-0.05, 0) is 32.1 Å². The first-order valence-corrected chi connectivity index (χ1v) is 7.08. The molecule has 1 amide bonds. The molecule has 0 radical (unpaired) electrons. The molecule has 0 aromatic heterocycles. The molecule has 3 fully saturated rings. The van der Waals surface area contributed by atoms with Crippen molar-refractivity contribution in [3.8, 4) is 0 Å². The Labute approximate surface area is 103 Å². The first kappa shape index (κ1) is 11.5. The zero-order valence-electron chi connectivity index (χ0n) is 10.5. The minimum Gasteiger partial charge on any atom is -0.355 e. The molecule has 2 saturated carbocycles. The van der Waals surface area contributed by atoms with Gasteiger partial charge in [-0.15, -0.1) is 0 Å². The smallest absolute Gasteiger partial charge is 0.223 e. The summed E-state index contributed by atoms with van der Waals surface area (Å²) in [5, 5.41) is 6.55. The molecule has 1 heterocycles. The molecular weight excluding hydrogens is 214 g/mol. The van der Waals surface area contributed by atoms with Crippen LogP contribution in [0.15, 0.2) is 0 Å². The van der Waals surface area contributed by atoms with Crippen LogP contribution in [0.25, 0.3) is 0 Å². The average molecular weight is 237 g/mol. The number of carbonyl (C=O) groups excluding carboxylic acids is 1. The highest BCUT2D eigenvalue weighted by Gasteiger charge is 2.34. The Hall–Kier alpha value is -0.610. The van der Waals surface area contributed by atoms with E-state index in [1.165, 1.54) is 32.4 Å². The van der Waals surface area contributed by atoms with Gasteiger partial charge in [0.15, 0.2) is 0 Å². The van der Waals surface area contributed by atoms with Gasteiger partial charge >= 0.3 is 0 Å². The summed E-state index contributed by atoms with van der Waals surface area (Å²) in [5.74, 6) is 0.602. The van der Waals surface area contributed by atoms with E-state index in [-0.39, 0.29) is 5.91 Å². The van der Waals surface area contributed by atoms with Gasteiger partial charge in [-0.3, -0.25) is 9.69 Å². The van der Waals surface area contributed by atoms with Crippen molar-refractivity contribution in [2.75, 3.05) is 26.2 Å². The summed E-state index contributed by atoms with van der Waals surface area (Å²) >= 11 is 0. The monoisotopic (exact) mass is 237 g/mol. The molecule has 2 N–H and O–H groups in total. The maximum absolute atomic E-state index is 11.4. The van der Waals surface area contributed by atoms with Crippen LogP contribution in [0.5, 0.6) is 0 Å². The normalized spacial score (nSPS) is 29.5. The molecule has 3 rings (SSSR count). The van der Waals surface area contributed by atoms with Crippen LogP contribution in [0, 0.1) is 5.92 Å². The zero-order chi connectivity index (χ0) is 11.7. The van der Waals surface area contributed by atoms with Crippen LogP contribution >= 0.6 is 0 Å². The lowest BCUT2D eigenvalue weighted by molar-refractivity contribution is -0.122. The molecule has 2 aliphatic carbocycles. The minimum absolute atomic E-state index is 0.262. The summed E-state index contributed by atoms with van der Waals surface area (Å²) in [7, 11) is 0. The Bertz CT molecular complexity index is 286. The highest BCUT2D eigenvalue weighted by Crippen LogP contribution is 2.30. The van der Waals surface area contributed by atoms with Crippen LogP contribution in [0.1, 0.15) is 32.1 Å². The van der Waals surface area contributed by atoms with Crippen molar-refractivity contribution in [2.24, 2.45) is 5.92 Å². The zero-order valence-corrected chi connectivity index (χ0v) is 10.5. The maximum Gasteiger partial charge on any atom is 0.223 e. The summed E-state index contributed by atoms with van der Waals surface area (Å²) in [5.41, 5.74) is 0. The van der Waals surface area contributed by atoms with E-state index in [9.17, 15) is 4.79 Å². The molecule has 1 unspecified atom stereocenters. The van der Waals surface area contributed by atoms with Crippen LogP contribution in [0.4, 0.5) is 0 Å². The molecule has 0 aromatic carbocycles.